The van der Waals surface area contributed by atoms with E-state index in [0.29, 0.717) is 39.3 Å². The molecular weight excluding hydrogens is 406 g/mol. The lowest BCUT2D eigenvalue weighted by atomic mass is 10.2. The molecule has 1 amide bonds. The van der Waals surface area contributed by atoms with Crippen molar-refractivity contribution in [1.29, 1.82) is 0 Å². The Labute approximate surface area is 174 Å². The van der Waals surface area contributed by atoms with Crippen LogP contribution in [0.15, 0.2) is 0 Å². The number of carboxylic acids is 2. The molecule has 0 saturated carbocycles. The summed E-state index contributed by atoms with van der Waals surface area (Å²) in [6.07, 6.45) is 1.16. The minimum absolute atomic E-state index is 0.0452. The maximum absolute atomic E-state index is 11.4. The molecule has 3 N–H and O–H groups in total. The Kier molecular flexibility index (Phi) is 18.5. The second-order valence-corrected chi connectivity index (χ2v) is 5.89. The van der Waals surface area contributed by atoms with E-state index in [1.54, 1.807) is 0 Å². The van der Waals surface area contributed by atoms with Crippen LogP contribution in [0.3, 0.4) is 0 Å². The van der Waals surface area contributed by atoms with E-state index in [2.05, 4.69) is 10.1 Å². The first-order chi connectivity index (χ1) is 14.4. The lowest BCUT2D eigenvalue weighted by molar-refractivity contribution is -0.146. The topological polar surface area (TPSA) is 167 Å². The van der Waals surface area contributed by atoms with E-state index in [4.69, 9.17) is 29.2 Å². The molecule has 0 unspecified atom stereocenters. The van der Waals surface area contributed by atoms with E-state index >= 15 is 0 Å². The van der Waals surface area contributed by atoms with Gasteiger partial charge in [0.1, 0.15) is 19.8 Å². The van der Waals surface area contributed by atoms with Gasteiger partial charge in [0.25, 0.3) is 0 Å². The largest absolute Gasteiger partial charge is 0.481 e. The molecule has 0 spiro atoms. The predicted octanol–water partition coefficient (Wildman–Crippen LogP) is -0.558. The van der Waals surface area contributed by atoms with Gasteiger partial charge in [-0.25, -0.2) is 4.79 Å². The summed E-state index contributed by atoms with van der Waals surface area (Å²) in [4.78, 5) is 43.2. The third-order valence-corrected chi connectivity index (χ3v) is 3.28. The van der Waals surface area contributed by atoms with Crippen LogP contribution in [-0.4, -0.2) is 100 Å². The molecule has 0 rings (SSSR count). The lowest BCUT2D eigenvalue weighted by Gasteiger charge is -2.08. The smallest absolute Gasteiger partial charge is 0.329 e. The van der Waals surface area contributed by atoms with Crippen molar-refractivity contribution in [3.63, 3.8) is 0 Å². The molecule has 174 valence electrons. The van der Waals surface area contributed by atoms with Gasteiger partial charge in [0, 0.05) is 19.4 Å². The molecule has 12 nitrogen and oxygen atoms in total. The van der Waals surface area contributed by atoms with E-state index in [-0.39, 0.29) is 51.8 Å². The molecule has 0 aromatic carbocycles. The van der Waals surface area contributed by atoms with Crippen LogP contribution < -0.4 is 5.32 Å². The first kappa shape index (κ1) is 27.7. The highest BCUT2D eigenvalue weighted by atomic mass is 16.6. The quantitative estimate of drug-likeness (QED) is 0.156. The zero-order chi connectivity index (χ0) is 22.5. The van der Waals surface area contributed by atoms with Crippen molar-refractivity contribution in [3.05, 3.63) is 0 Å². The van der Waals surface area contributed by atoms with Gasteiger partial charge in [-0.3, -0.25) is 14.4 Å². The van der Waals surface area contributed by atoms with Crippen molar-refractivity contribution >= 4 is 23.8 Å². The van der Waals surface area contributed by atoms with E-state index in [0.717, 1.165) is 0 Å². The monoisotopic (exact) mass is 437 g/mol. The van der Waals surface area contributed by atoms with Crippen molar-refractivity contribution in [2.24, 2.45) is 0 Å². The summed E-state index contributed by atoms with van der Waals surface area (Å²) in [6.45, 7) is 1.48. The normalized spacial score (nSPS) is 10.5. The van der Waals surface area contributed by atoms with E-state index in [1.807, 2.05) is 0 Å². The third-order valence-electron chi connectivity index (χ3n) is 3.28. The van der Waals surface area contributed by atoms with Crippen LogP contribution in [0.5, 0.6) is 0 Å². The van der Waals surface area contributed by atoms with Gasteiger partial charge < -0.3 is 39.2 Å². The number of ether oxygens (including phenoxy) is 5. The molecule has 0 fully saturated rings. The Hall–Kier alpha value is -2.28. The molecule has 0 aliphatic carbocycles. The van der Waals surface area contributed by atoms with Crippen LogP contribution in [0.1, 0.15) is 25.7 Å². The summed E-state index contributed by atoms with van der Waals surface area (Å²) < 4.78 is 25.3. The number of carbonyl (C=O) groups is 4. The van der Waals surface area contributed by atoms with Crippen LogP contribution in [0.25, 0.3) is 0 Å². The van der Waals surface area contributed by atoms with Crippen molar-refractivity contribution < 1.29 is 53.1 Å². The Morgan fingerprint density at radius 1 is 0.633 bits per heavy atom. The fourth-order valence-electron chi connectivity index (χ4n) is 1.92. The Balaban J connectivity index is 3.24. The summed E-state index contributed by atoms with van der Waals surface area (Å²) >= 11 is 0. The second-order valence-electron chi connectivity index (χ2n) is 5.89. The molecule has 0 aromatic heterocycles. The summed E-state index contributed by atoms with van der Waals surface area (Å²) in [5.41, 5.74) is 0. The van der Waals surface area contributed by atoms with Crippen LogP contribution in [-0.2, 0) is 42.9 Å². The number of carboxylic acid groups (broad SMARTS) is 2. The number of hydrogen-bond donors (Lipinski definition) is 3. The highest BCUT2D eigenvalue weighted by molar-refractivity contribution is 5.77. The molecule has 0 radical (unpaired) electrons. The SMILES string of the molecule is O=C(O)CCCCC(=O)OCCOCCOCCOCCNC(=O)COCC(=O)O. The molecule has 0 saturated heterocycles. The Morgan fingerprint density at radius 2 is 1.20 bits per heavy atom. The zero-order valence-corrected chi connectivity index (χ0v) is 17.0. The van der Waals surface area contributed by atoms with Crippen molar-refractivity contribution in [2.75, 3.05) is 66.0 Å². The van der Waals surface area contributed by atoms with Crippen LogP contribution in [0.2, 0.25) is 0 Å². The van der Waals surface area contributed by atoms with E-state index in [9.17, 15) is 19.2 Å². The molecule has 0 heterocycles. The second kappa shape index (κ2) is 20.0. The van der Waals surface area contributed by atoms with Crippen LogP contribution in [0.4, 0.5) is 0 Å². The van der Waals surface area contributed by atoms with Crippen molar-refractivity contribution in [1.82, 2.24) is 5.32 Å². The molecule has 12 heteroatoms. The minimum Gasteiger partial charge on any atom is -0.481 e. The van der Waals surface area contributed by atoms with Gasteiger partial charge in [-0.1, -0.05) is 0 Å². The van der Waals surface area contributed by atoms with E-state index in [1.165, 1.54) is 0 Å². The number of hydrogen-bond acceptors (Lipinski definition) is 9. The zero-order valence-electron chi connectivity index (χ0n) is 17.0. The average Bonchev–Trinajstić information content (AvgIpc) is 2.68. The van der Waals surface area contributed by atoms with Gasteiger partial charge in [-0.05, 0) is 12.8 Å². The highest BCUT2D eigenvalue weighted by Gasteiger charge is 2.04. The number of rotatable bonds is 21. The Bertz CT molecular complexity index is 499. The van der Waals surface area contributed by atoms with Gasteiger partial charge in [-0.15, -0.1) is 0 Å². The van der Waals surface area contributed by atoms with Crippen LogP contribution in [0, 0.1) is 0 Å². The lowest BCUT2D eigenvalue weighted by Crippen LogP contribution is -2.31. The average molecular weight is 437 g/mol. The van der Waals surface area contributed by atoms with Crippen molar-refractivity contribution in [2.45, 2.75) is 25.7 Å². The molecule has 0 aliphatic heterocycles. The van der Waals surface area contributed by atoms with Gasteiger partial charge in [0.2, 0.25) is 5.91 Å². The number of carbonyl (C=O) groups excluding carboxylic acids is 2. The summed E-state index contributed by atoms with van der Waals surface area (Å²) in [6, 6.07) is 0. The Morgan fingerprint density at radius 3 is 1.80 bits per heavy atom. The summed E-state index contributed by atoms with van der Waals surface area (Å²) in [5.74, 6) is -2.81. The molecule has 0 atom stereocenters. The highest BCUT2D eigenvalue weighted by Crippen LogP contribution is 2.01. The standard InChI is InChI=1S/C18H31NO11/c20-15(13-29-14-17(23)24)19-5-6-26-7-8-27-9-10-28-11-12-30-18(25)4-2-1-3-16(21)22/h1-14H2,(H,19,20)(H,21,22)(H,23,24). The van der Waals surface area contributed by atoms with E-state index < -0.39 is 24.5 Å². The van der Waals surface area contributed by atoms with Gasteiger partial charge in [0.15, 0.2) is 0 Å². The summed E-state index contributed by atoms with van der Waals surface area (Å²) in [5, 5.41) is 19.3. The first-order valence-electron chi connectivity index (χ1n) is 9.58. The van der Waals surface area contributed by atoms with Gasteiger partial charge in [0.05, 0.1) is 39.6 Å². The minimum atomic E-state index is -1.14. The molecular formula is C18H31NO11. The maximum Gasteiger partial charge on any atom is 0.329 e. The fraction of sp³-hybridized carbons (Fsp3) is 0.778. The number of unbranched alkanes of at least 4 members (excludes halogenated alkanes) is 1. The molecule has 30 heavy (non-hydrogen) atoms. The maximum atomic E-state index is 11.4. The molecule has 0 aromatic rings. The predicted molar refractivity (Wildman–Crippen MR) is 101 cm³/mol. The van der Waals surface area contributed by atoms with Gasteiger partial charge >= 0.3 is 17.9 Å². The number of esters is 1. The number of amides is 1. The van der Waals surface area contributed by atoms with Crippen LogP contribution >= 0.6 is 0 Å². The summed E-state index contributed by atoms with van der Waals surface area (Å²) in [7, 11) is 0. The number of aliphatic carboxylic acids is 2. The third kappa shape index (κ3) is 22.0. The molecule has 0 aliphatic rings. The molecule has 0 bridgehead atoms. The van der Waals surface area contributed by atoms with Crippen molar-refractivity contribution in [3.8, 4) is 0 Å². The van der Waals surface area contributed by atoms with Gasteiger partial charge in [-0.2, -0.15) is 0 Å². The number of nitrogens with one attached hydrogen (secondary N) is 1. The first-order valence-corrected chi connectivity index (χ1v) is 9.58. The fourth-order valence-corrected chi connectivity index (χ4v) is 1.92.